The van der Waals surface area contributed by atoms with Crippen molar-refractivity contribution in [2.24, 2.45) is 0 Å². The highest BCUT2D eigenvalue weighted by Gasteiger charge is 2.53. The summed E-state index contributed by atoms with van der Waals surface area (Å²) < 4.78 is 0. The molecule has 0 radical (unpaired) electrons. The van der Waals surface area contributed by atoms with Crippen molar-refractivity contribution in [3.05, 3.63) is 63.4 Å². The van der Waals surface area contributed by atoms with Gasteiger partial charge < -0.3 is 20.6 Å². The Morgan fingerprint density at radius 3 is 2.53 bits per heavy atom. The maximum absolute atomic E-state index is 14.0. The number of carbonyl (C=O) groups excluding carboxylic acids is 2. The van der Waals surface area contributed by atoms with E-state index in [0.29, 0.717) is 23.2 Å². The molecule has 9 nitrogen and oxygen atoms in total. The first kappa shape index (κ1) is 26.0. The number of pyridine rings is 1. The summed E-state index contributed by atoms with van der Waals surface area (Å²) >= 11 is 7.32. The zero-order chi connectivity index (χ0) is 26.3. The van der Waals surface area contributed by atoms with Crippen LogP contribution in [-0.4, -0.2) is 52.2 Å². The van der Waals surface area contributed by atoms with E-state index in [1.807, 2.05) is 29.2 Å². The molecule has 1 aliphatic rings. The number of anilines is 2. The summed E-state index contributed by atoms with van der Waals surface area (Å²) in [5.41, 5.74) is 0.502. The quantitative estimate of drug-likeness (QED) is 0.400. The van der Waals surface area contributed by atoms with E-state index in [0.717, 1.165) is 11.1 Å². The first-order valence-corrected chi connectivity index (χ1v) is 12.8. The first-order chi connectivity index (χ1) is 17.0. The Hall–Kier alpha value is -3.08. The zero-order valence-electron chi connectivity index (χ0n) is 20.8. The van der Waals surface area contributed by atoms with E-state index in [-0.39, 0.29) is 34.1 Å². The molecule has 190 valence electrons. The minimum Gasteiger partial charge on any atom is -0.383 e. The van der Waals surface area contributed by atoms with Gasteiger partial charge in [0.05, 0.1) is 17.4 Å². The lowest BCUT2D eigenvalue weighted by Gasteiger charge is -2.49. The van der Waals surface area contributed by atoms with E-state index < -0.39 is 11.0 Å². The fraction of sp³-hybridized carbons (Fsp3) is 0.400. The number of aromatic nitrogens is 3. The third-order valence-corrected chi connectivity index (χ3v) is 7.76. The number of hydrogen-bond acceptors (Lipinski definition) is 8. The van der Waals surface area contributed by atoms with E-state index >= 15 is 0 Å². The molecule has 2 amide bonds. The Balaban J connectivity index is 1.72. The standard InChI is InChI=1S/C25H29ClN6O3S/c1-14(2)15-8-6-7-9-17(15)25(12-32(13-25)23-31-30-22(36-23)24(3,4)35)21(34)29-18-11-28-19(26)10-16(18)20(33)27-5/h6-11,14,35H,12-13H2,1-5H3,(H,27,33)(H,29,34). The minimum atomic E-state index is -1.10. The summed E-state index contributed by atoms with van der Waals surface area (Å²) in [6.45, 7) is 8.23. The summed E-state index contributed by atoms with van der Waals surface area (Å²) in [6.07, 6.45) is 1.39. The van der Waals surface area contributed by atoms with Crippen molar-refractivity contribution in [2.75, 3.05) is 30.4 Å². The van der Waals surface area contributed by atoms with Gasteiger partial charge in [-0.3, -0.25) is 9.59 Å². The molecule has 0 unspecified atom stereocenters. The lowest BCUT2D eigenvalue weighted by molar-refractivity contribution is -0.122. The number of aliphatic hydroxyl groups is 1. The number of nitrogens with one attached hydrogen (secondary N) is 2. The fourth-order valence-electron chi connectivity index (χ4n) is 4.30. The second-order valence-electron chi connectivity index (χ2n) is 9.71. The van der Waals surface area contributed by atoms with Crippen LogP contribution >= 0.6 is 22.9 Å². The SMILES string of the molecule is CNC(=O)c1cc(Cl)ncc1NC(=O)C1(c2ccccc2C(C)C)CN(c2nnc(C(C)(C)O)s2)C1. The summed E-state index contributed by atoms with van der Waals surface area (Å²) in [6, 6.07) is 9.34. The molecule has 0 saturated carbocycles. The average molecular weight is 529 g/mol. The minimum absolute atomic E-state index is 0.153. The van der Waals surface area contributed by atoms with E-state index in [4.69, 9.17) is 11.6 Å². The second kappa shape index (κ2) is 9.76. The number of carbonyl (C=O) groups is 2. The van der Waals surface area contributed by atoms with Gasteiger partial charge in [0, 0.05) is 20.1 Å². The van der Waals surface area contributed by atoms with E-state index in [1.165, 1.54) is 30.6 Å². The number of nitrogens with zero attached hydrogens (tertiary/aromatic N) is 4. The highest BCUT2D eigenvalue weighted by Crippen LogP contribution is 2.43. The van der Waals surface area contributed by atoms with Gasteiger partial charge in [0.2, 0.25) is 11.0 Å². The van der Waals surface area contributed by atoms with Crippen LogP contribution in [0.25, 0.3) is 0 Å². The topological polar surface area (TPSA) is 120 Å². The molecule has 3 aromatic rings. The molecule has 1 aromatic carbocycles. The Morgan fingerprint density at radius 2 is 1.92 bits per heavy atom. The van der Waals surface area contributed by atoms with Gasteiger partial charge in [-0.05, 0) is 37.0 Å². The third-order valence-electron chi connectivity index (χ3n) is 6.25. The highest BCUT2D eigenvalue weighted by atomic mass is 35.5. The molecule has 4 rings (SSSR count). The van der Waals surface area contributed by atoms with Crippen LogP contribution in [0.3, 0.4) is 0 Å². The second-order valence-corrected chi connectivity index (χ2v) is 11.1. The monoisotopic (exact) mass is 528 g/mol. The molecule has 36 heavy (non-hydrogen) atoms. The Morgan fingerprint density at radius 1 is 1.22 bits per heavy atom. The molecule has 0 aliphatic carbocycles. The maximum Gasteiger partial charge on any atom is 0.253 e. The predicted molar refractivity (Wildman–Crippen MR) is 141 cm³/mol. The summed E-state index contributed by atoms with van der Waals surface area (Å²) in [5.74, 6) is -0.440. The van der Waals surface area contributed by atoms with Crippen LogP contribution in [0.4, 0.5) is 10.8 Å². The van der Waals surface area contributed by atoms with Crippen LogP contribution in [0.15, 0.2) is 36.5 Å². The van der Waals surface area contributed by atoms with Gasteiger partial charge in [0.25, 0.3) is 5.91 Å². The zero-order valence-corrected chi connectivity index (χ0v) is 22.4. The van der Waals surface area contributed by atoms with Crippen molar-refractivity contribution in [1.82, 2.24) is 20.5 Å². The number of amides is 2. The van der Waals surface area contributed by atoms with Gasteiger partial charge in [-0.25, -0.2) is 4.98 Å². The first-order valence-electron chi connectivity index (χ1n) is 11.6. The van der Waals surface area contributed by atoms with Crippen LogP contribution in [0, 0.1) is 0 Å². The lowest BCUT2D eigenvalue weighted by atomic mass is 9.70. The van der Waals surface area contributed by atoms with Crippen molar-refractivity contribution in [2.45, 2.75) is 44.6 Å². The number of halogens is 1. The van der Waals surface area contributed by atoms with Crippen molar-refractivity contribution >= 4 is 45.6 Å². The van der Waals surface area contributed by atoms with Gasteiger partial charge >= 0.3 is 0 Å². The number of hydrogen-bond donors (Lipinski definition) is 3. The van der Waals surface area contributed by atoms with Crippen molar-refractivity contribution in [3.63, 3.8) is 0 Å². The molecule has 11 heteroatoms. The summed E-state index contributed by atoms with van der Waals surface area (Å²) in [7, 11) is 1.51. The highest BCUT2D eigenvalue weighted by molar-refractivity contribution is 7.15. The molecular weight excluding hydrogens is 500 g/mol. The summed E-state index contributed by atoms with van der Waals surface area (Å²) in [4.78, 5) is 32.5. The number of benzene rings is 1. The Bertz CT molecular complexity index is 1300. The molecular formula is C25H29ClN6O3S. The normalized spacial score (nSPS) is 14.9. The Kier molecular flexibility index (Phi) is 7.05. The van der Waals surface area contributed by atoms with E-state index in [1.54, 1.807) is 13.8 Å². The van der Waals surface area contributed by atoms with Crippen LogP contribution in [0.1, 0.15) is 60.1 Å². The summed E-state index contributed by atoms with van der Waals surface area (Å²) in [5, 5.41) is 25.5. The predicted octanol–water partition coefficient (Wildman–Crippen LogP) is 3.69. The third kappa shape index (κ3) is 4.80. The molecule has 2 aromatic heterocycles. The molecule has 3 heterocycles. The molecule has 1 aliphatic heterocycles. The lowest BCUT2D eigenvalue weighted by Crippen LogP contribution is -2.65. The Labute approximate surface area is 218 Å². The molecule has 3 N–H and O–H groups in total. The maximum atomic E-state index is 14.0. The van der Waals surface area contributed by atoms with Crippen molar-refractivity contribution in [3.8, 4) is 0 Å². The van der Waals surface area contributed by atoms with Gasteiger partial charge in [0.1, 0.15) is 21.2 Å². The van der Waals surface area contributed by atoms with Gasteiger partial charge in [-0.1, -0.05) is 61.1 Å². The van der Waals surface area contributed by atoms with Crippen molar-refractivity contribution < 1.29 is 14.7 Å². The van der Waals surface area contributed by atoms with Gasteiger partial charge in [-0.15, -0.1) is 10.2 Å². The molecule has 1 saturated heterocycles. The van der Waals surface area contributed by atoms with E-state index in [9.17, 15) is 14.7 Å². The number of rotatable bonds is 7. The van der Waals surface area contributed by atoms with Crippen molar-refractivity contribution in [1.29, 1.82) is 0 Å². The fourth-order valence-corrected chi connectivity index (χ4v) is 5.30. The van der Waals surface area contributed by atoms with Crippen LogP contribution < -0.4 is 15.5 Å². The molecule has 0 bridgehead atoms. The van der Waals surface area contributed by atoms with Gasteiger partial charge in [0.15, 0.2) is 0 Å². The average Bonchev–Trinajstić information content (AvgIpc) is 3.30. The van der Waals surface area contributed by atoms with Crippen LogP contribution in [-0.2, 0) is 15.8 Å². The smallest absolute Gasteiger partial charge is 0.253 e. The van der Waals surface area contributed by atoms with Gasteiger partial charge in [-0.2, -0.15) is 0 Å². The largest absolute Gasteiger partial charge is 0.383 e. The molecule has 1 fully saturated rings. The van der Waals surface area contributed by atoms with E-state index in [2.05, 4.69) is 39.7 Å². The molecule has 0 atom stereocenters. The van der Waals surface area contributed by atoms with Crippen LogP contribution in [0.2, 0.25) is 5.15 Å². The molecule has 0 spiro atoms. The van der Waals surface area contributed by atoms with Crippen LogP contribution in [0.5, 0.6) is 0 Å².